The Morgan fingerprint density at radius 1 is 1.10 bits per heavy atom. The van der Waals surface area contributed by atoms with Gasteiger partial charge in [0.2, 0.25) is 0 Å². The van der Waals surface area contributed by atoms with E-state index < -0.39 is 0 Å². The van der Waals surface area contributed by atoms with Crippen LogP contribution in [0.3, 0.4) is 0 Å². The highest BCUT2D eigenvalue weighted by atomic mass is 15.1. The molecule has 0 aromatic carbocycles. The first-order chi connectivity index (χ1) is 9.54. The summed E-state index contributed by atoms with van der Waals surface area (Å²) in [5.74, 6) is 1.97. The Kier molecular flexibility index (Phi) is 5.95. The monoisotopic (exact) mass is 279 g/mol. The van der Waals surface area contributed by atoms with Gasteiger partial charge in [0.1, 0.15) is 0 Å². The summed E-state index contributed by atoms with van der Waals surface area (Å²) >= 11 is 0. The summed E-state index contributed by atoms with van der Waals surface area (Å²) in [5, 5.41) is 0. The highest BCUT2D eigenvalue weighted by molar-refractivity contribution is 4.98. The van der Waals surface area contributed by atoms with Crippen LogP contribution in [-0.2, 0) is 0 Å². The third-order valence-corrected chi connectivity index (χ3v) is 6.00. The molecule has 2 aliphatic rings. The molecular weight excluding hydrogens is 242 g/mol. The summed E-state index contributed by atoms with van der Waals surface area (Å²) in [6.07, 6.45) is 14.7. The van der Waals surface area contributed by atoms with Gasteiger partial charge < -0.3 is 4.90 Å². The molecule has 0 saturated heterocycles. The van der Waals surface area contributed by atoms with E-state index in [2.05, 4.69) is 32.7 Å². The lowest BCUT2D eigenvalue weighted by atomic mass is 9.54. The molecule has 1 spiro atoms. The van der Waals surface area contributed by atoms with Crippen LogP contribution in [0.2, 0.25) is 0 Å². The van der Waals surface area contributed by atoms with Gasteiger partial charge in [-0.25, -0.2) is 0 Å². The lowest BCUT2D eigenvalue weighted by molar-refractivity contribution is -0.0163. The van der Waals surface area contributed by atoms with Crippen molar-refractivity contribution < 1.29 is 0 Å². The van der Waals surface area contributed by atoms with Gasteiger partial charge in [-0.3, -0.25) is 0 Å². The molecule has 0 aliphatic heterocycles. The highest BCUT2D eigenvalue weighted by Gasteiger charge is 2.45. The maximum Gasteiger partial charge on any atom is 0.00926 e. The van der Waals surface area contributed by atoms with Gasteiger partial charge in [-0.1, -0.05) is 33.6 Å². The summed E-state index contributed by atoms with van der Waals surface area (Å²) in [7, 11) is 2.36. The highest BCUT2D eigenvalue weighted by Crippen LogP contribution is 2.56. The molecule has 20 heavy (non-hydrogen) atoms. The molecule has 0 radical (unpaired) electrons. The van der Waals surface area contributed by atoms with E-state index in [0.29, 0.717) is 0 Å². The second kappa shape index (κ2) is 7.29. The summed E-state index contributed by atoms with van der Waals surface area (Å²) in [5.41, 5.74) is 0.792. The minimum absolute atomic E-state index is 0.792. The number of unbranched alkanes of at least 4 members (excludes halogenated alkanes) is 2. The van der Waals surface area contributed by atoms with Crippen molar-refractivity contribution >= 4 is 0 Å². The van der Waals surface area contributed by atoms with Crippen molar-refractivity contribution in [1.82, 2.24) is 4.90 Å². The fourth-order valence-corrected chi connectivity index (χ4v) is 4.86. The van der Waals surface area contributed by atoms with E-state index in [9.17, 15) is 0 Å². The van der Waals surface area contributed by atoms with E-state index in [1.54, 1.807) is 12.8 Å². The van der Waals surface area contributed by atoms with Gasteiger partial charge >= 0.3 is 0 Å². The van der Waals surface area contributed by atoms with Gasteiger partial charge in [-0.05, 0) is 82.2 Å². The van der Waals surface area contributed by atoms with Gasteiger partial charge in [0.25, 0.3) is 0 Å². The maximum absolute atomic E-state index is 2.66. The minimum atomic E-state index is 0.792. The summed E-state index contributed by atoms with van der Waals surface area (Å²) in [4.78, 5) is 2.66. The SMILES string of the molecule is CCCCCN(C)C1CCC2(CC1)CC(CC(C)C)C2. The zero-order valence-electron chi connectivity index (χ0n) is 14.5. The number of nitrogens with zero attached hydrogens (tertiary/aromatic N) is 1. The van der Waals surface area contributed by atoms with Crippen LogP contribution in [0.4, 0.5) is 0 Å². The largest absolute Gasteiger partial charge is 0.303 e. The van der Waals surface area contributed by atoms with Crippen molar-refractivity contribution in [3.8, 4) is 0 Å². The smallest absolute Gasteiger partial charge is 0.00926 e. The Bertz CT molecular complexity index is 267. The molecule has 0 aromatic rings. The molecule has 0 bridgehead atoms. The molecule has 0 aromatic heterocycles. The van der Waals surface area contributed by atoms with Crippen molar-refractivity contribution in [2.75, 3.05) is 13.6 Å². The molecule has 0 heterocycles. The average molecular weight is 280 g/mol. The Balaban J connectivity index is 1.66. The molecule has 2 fully saturated rings. The van der Waals surface area contributed by atoms with Crippen LogP contribution >= 0.6 is 0 Å². The topological polar surface area (TPSA) is 3.24 Å². The average Bonchev–Trinajstić information content (AvgIpc) is 2.37. The van der Waals surface area contributed by atoms with E-state index in [1.165, 1.54) is 57.9 Å². The number of hydrogen-bond donors (Lipinski definition) is 0. The molecule has 0 N–H and O–H groups in total. The molecule has 1 nitrogen and oxygen atoms in total. The zero-order chi connectivity index (χ0) is 14.6. The Morgan fingerprint density at radius 3 is 2.30 bits per heavy atom. The fraction of sp³-hybridized carbons (Fsp3) is 1.00. The van der Waals surface area contributed by atoms with Gasteiger partial charge in [0, 0.05) is 6.04 Å². The van der Waals surface area contributed by atoms with Gasteiger partial charge in [0.05, 0.1) is 0 Å². The van der Waals surface area contributed by atoms with Gasteiger partial charge in [-0.15, -0.1) is 0 Å². The Labute approximate surface area is 127 Å². The normalized spacial score (nSPS) is 33.9. The third kappa shape index (κ3) is 4.23. The molecule has 2 saturated carbocycles. The standard InChI is InChI=1S/C19H37N/c1-5-6-7-12-20(4)18-8-10-19(11-9-18)14-17(15-19)13-16(2)3/h16-18H,5-15H2,1-4H3. The predicted molar refractivity (Wildman–Crippen MR) is 89.0 cm³/mol. The molecule has 2 aliphatic carbocycles. The van der Waals surface area contributed by atoms with E-state index in [1.807, 2.05) is 0 Å². The molecule has 0 unspecified atom stereocenters. The predicted octanol–water partition coefficient (Wildman–Crippen LogP) is 5.49. The second-order valence-corrected chi connectivity index (χ2v) is 8.32. The molecular formula is C19H37N. The Morgan fingerprint density at radius 2 is 1.75 bits per heavy atom. The summed E-state index contributed by atoms with van der Waals surface area (Å²) < 4.78 is 0. The molecule has 1 heteroatoms. The maximum atomic E-state index is 2.66. The van der Waals surface area contributed by atoms with Gasteiger partial charge in [0.15, 0.2) is 0 Å². The molecule has 118 valence electrons. The van der Waals surface area contributed by atoms with Crippen LogP contribution in [0.15, 0.2) is 0 Å². The summed E-state index contributed by atoms with van der Waals surface area (Å²) in [6, 6.07) is 0.890. The van der Waals surface area contributed by atoms with Crippen molar-refractivity contribution in [3.05, 3.63) is 0 Å². The van der Waals surface area contributed by atoms with Crippen molar-refractivity contribution in [3.63, 3.8) is 0 Å². The van der Waals surface area contributed by atoms with E-state index in [-0.39, 0.29) is 0 Å². The van der Waals surface area contributed by atoms with E-state index in [0.717, 1.165) is 23.3 Å². The van der Waals surface area contributed by atoms with Crippen LogP contribution in [0.25, 0.3) is 0 Å². The lowest BCUT2D eigenvalue weighted by Crippen LogP contribution is -2.45. The van der Waals surface area contributed by atoms with Crippen molar-refractivity contribution in [2.24, 2.45) is 17.3 Å². The minimum Gasteiger partial charge on any atom is -0.303 e. The molecule has 0 atom stereocenters. The second-order valence-electron chi connectivity index (χ2n) is 8.32. The first-order valence-electron chi connectivity index (χ1n) is 9.25. The Hall–Kier alpha value is -0.0400. The lowest BCUT2D eigenvalue weighted by Gasteiger charge is -2.53. The first kappa shape index (κ1) is 16.3. The van der Waals surface area contributed by atoms with Gasteiger partial charge in [-0.2, -0.15) is 0 Å². The quantitative estimate of drug-likeness (QED) is 0.557. The summed E-state index contributed by atoms with van der Waals surface area (Å²) in [6.45, 7) is 8.39. The number of rotatable bonds is 7. The zero-order valence-corrected chi connectivity index (χ0v) is 14.5. The van der Waals surface area contributed by atoms with Crippen LogP contribution in [0, 0.1) is 17.3 Å². The fourth-order valence-electron chi connectivity index (χ4n) is 4.86. The molecule has 2 rings (SSSR count). The van der Waals surface area contributed by atoms with Crippen LogP contribution in [0.1, 0.15) is 85.0 Å². The van der Waals surface area contributed by atoms with Crippen LogP contribution in [-0.4, -0.2) is 24.5 Å². The van der Waals surface area contributed by atoms with E-state index in [4.69, 9.17) is 0 Å². The van der Waals surface area contributed by atoms with Crippen LogP contribution < -0.4 is 0 Å². The first-order valence-corrected chi connectivity index (χ1v) is 9.25. The van der Waals surface area contributed by atoms with Crippen molar-refractivity contribution in [1.29, 1.82) is 0 Å². The number of hydrogen-bond acceptors (Lipinski definition) is 1. The van der Waals surface area contributed by atoms with E-state index >= 15 is 0 Å². The van der Waals surface area contributed by atoms with Crippen LogP contribution in [0.5, 0.6) is 0 Å². The van der Waals surface area contributed by atoms with Crippen molar-refractivity contribution in [2.45, 2.75) is 91.0 Å². The third-order valence-electron chi connectivity index (χ3n) is 6.00. The molecule has 0 amide bonds.